The van der Waals surface area contributed by atoms with Gasteiger partial charge in [0.1, 0.15) is 4.99 Å². The number of nitrogens with two attached hydrogens (primary N) is 1. The molecule has 0 aliphatic carbocycles. The van der Waals surface area contributed by atoms with Crippen molar-refractivity contribution in [1.29, 1.82) is 0 Å². The number of hydrogen-bond donors (Lipinski definition) is 1. The Morgan fingerprint density at radius 3 is 2.47 bits per heavy atom. The maximum atomic E-state index is 10.7. The first-order valence-corrected chi connectivity index (χ1v) is 4.54. The molecular formula is C11H9NO2S. The molecule has 0 spiro atoms. The molecule has 0 aliphatic heterocycles. The van der Waals surface area contributed by atoms with E-state index < -0.39 is 5.97 Å². The van der Waals surface area contributed by atoms with E-state index in [4.69, 9.17) is 18.0 Å². The molecule has 0 aliphatic rings. The van der Waals surface area contributed by atoms with E-state index >= 15 is 0 Å². The molecule has 0 amide bonds. The predicted octanol–water partition coefficient (Wildman–Crippen LogP) is 0.845. The Morgan fingerprint density at radius 2 is 2.00 bits per heavy atom. The summed E-state index contributed by atoms with van der Waals surface area (Å²) < 4.78 is 4.38. The second kappa shape index (κ2) is 5.13. The molecule has 2 N–H and O–H groups in total. The van der Waals surface area contributed by atoms with Gasteiger partial charge in [0.05, 0.1) is 7.11 Å². The second-order valence-corrected chi connectivity index (χ2v) is 3.12. The van der Waals surface area contributed by atoms with Gasteiger partial charge in [-0.2, -0.15) is 0 Å². The predicted molar refractivity (Wildman–Crippen MR) is 61.2 cm³/mol. The third-order valence-electron chi connectivity index (χ3n) is 1.66. The summed E-state index contributed by atoms with van der Waals surface area (Å²) in [6, 6.07) is 6.99. The minimum absolute atomic E-state index is 0.336. The monoisotopic (exact) mass is 219 g/mol. The molecule has 1 aromatic carbocycles. The first-order chi connectivity index (χ1) is 7.13. The van der Waals surface area contributed by atoms with Crippen molar-refractivity contribution in [2.75, 3.05) is 7.11 Å². The minimum Gasteiger partial charge on any atom is -0.459 e. The number of benzene rings is 1. The van der Waals surface area contributed by atoms with E-state index in [1.165, 1.54) is 7.11 Å². The Labute approximate surface area is 93.2 Å². The maximum absolute atomic E-state index is 10.7. The third kappa shape index (κ3) is 3.41. The minimum atomic E-state index is -0.562. The van der Waals surface area contributed by atoms with E-state index in [0.717, 1.165) is 5.56 Å². The summed E-state index contributed by atoms with van der Waals surface area (Å²) in [6.45, 7) is 0. The van der Waals surface area contributed by atoms with Crippen molar-refractivity contribution in [3.63, 3.8) is 0 Å². The normalized spacial score (nSPS) is 8.60. The lowest BCUT2D eigenvalue weighted by atomic mass is 10.1. The van der Waals surface area contributed by atoms with E-state index in [9.17, 15) is 4.79 Å². The van der Waals surface area contributed by atoms with Gasteiger partial charge in [-0.25, -0.2) is 4.79 Å². The zero-order chi connectivity index (χ0) is 11.3. The molecule has 15 heavy (non-hydrogen) atoms. The Bertz CT molecular complexity index is 440. The number of thiocarbonyl (C=S) groups is 1. The van der Waals surface area contributed by atoms with Crippen molar-refractivity contribution < 1.29 is 9.53 Å². The standard InChI is InChI=1S/C11H9NO2S/c1-14-10(13)7-4-8-2-5-9(6-3-8)11(12)15/h2-3,5-6H,1H3,(H2,12,15). The first-order valence-electron chi connectivity index (χ1n) is 4.13. The SMILES string of the molecule is COC(=O)C#Cc1ccc(C(N)=S)cc1. The highest BCUT2D eigenvalue weighted by Gasteiger charge is 1.95. The van der Waals surface area contributed by atoms with Crippen molar-refractivity contribution in [1.82, 2.24) is 0 Å². The molecule has 0 saturated carbocycles. The van der Waals surface area contributed by atoms with Crippen molar-refractivity contribution >= 4 is 23.2 Å². The van der Waals surface area contributed by atoms with Crippen molar-refractivity contribution in [3.05, 3.63) is 35.4 Å². The molecule has 76 valence electrons. The zero-order valence-corrected chi connectivity index (χ0v) is 8.93. The summed E-state index contributed by atoms with van der Waals surface area (Å²) in [6.07, 6.45) is 0. The van der Waals surface area contributed by atoms with Gasteiger partial charge in [-0.3, -0.25) is 0 Å². The van der Waals surface area contributed by atoms with Crippen LogP contribution >= 0.6 is 12.2 Å². The lowest BCUT2D eigenvalue weighted by molar-refractivity contribution is -0.133. The second-order valence-electron chi connectivity index (χ2n) is 2.68. The molecule has 0 bridgehead atoms. The van der Waals surface area contributed by atoms with Gasteiger partial charge in [-0.15, -0.1) is 0 Å². The van der Waals surface area contributed by atoms with Crippen LogP contribution < -0.4 is 5.73 Å². The Kier molecular flexibility index (Phi) is 3.83. The van der Waals surface area contributed by atoms with Crippen LogP contribution in [0, 0.1) is 11.8 Å². The summed E-state index contributed by atoms with van der Waals surface area (Å²) in [7, 11) is 1.28. The van der Waals surface area contributed by atoms with Crippen molar-refractivity contribution in [3.8, 4) is 11.8 Å². The molecule has 4 heteroatoms. The molecule has 0 heterocycles. The number of carbonyl (C=O) groups excluding carboxylic acids is 1. The summed E-state index contributed by atoms with van der Waals surface area (Å²) >= 11 is 4.80. The van der Waals surface area contributed by atoms with Crippen LogP contribution in [-0.4, -0.2) is 18.1 Å². The number of ether oxygens (including phenoxy) is 1. The molecule has 0 radical (unpaired) electrons. The van der Waals surface area contributed by atoms with Crippen LogP contribution in [0.15, 0.2) is 24.3 Å². The molecule has 0 saturated heterocycles. The molecule has 1 rings (SSSR count). The van der Waals surface area contributed by atoms with Gasteiger partial charge in [-0.05, 0) is 12.1 Å². The Hall–Kier alpha value is -1.86. The van der Waals surface area contributed by atoms with E-state index in [0.29, 0.717) is 10.6 Å². The zero-order valence-electron chi connectivity index (χ0n) is 8.11. The quantitative estimate of drug-likeness (QED) is 0.432. The van der Waals surface area contributed by atoms with Crippen LogP contribution in [0.1, 0.15) is 11.1 Å². The van der Waals surface area contributed by atoms with Crippen LogP contribution in [0.5, 0.6) is 0 Å². The van der Waals surface area contributed by atoms with E-state index in [1.54, 1.807) is 24.3 Å². The molecule has 0 atom stereocenters. The lowest BCUT2D eigenvalue weighted by Crippen LogP contribution is -2.08. The molecular weight excluding hydrogens is 210 g/mol. The third-order valence-corrected chi connectivity index (χ3v) is 1.90. The van der Waals surface area contributed by atoms with Crippen LogP contribution in [-0.2, 0) is 9.53 Å². The summed E-state index contributed by atoms with van der Waals surface area (Å²) in [5.41, 5.74) is 6.91. The number of carbonyl (C=O) groups is 1. The molecule has 0 aromatic heterocycles. The highest BCUT2D eigenvalue weighted by Crippen LogP contribution is 2.02. The van der Waals surface area contributed by atoms with Gasteiger partial charge >= 0.3 is 5.97 Å². The first kappa shape index (κ1) is 11.2. The van der Waals surface area contributed by atoms with Crippen LogP contribution in [0.3, 0.4) is 0 Å². The molecule has 0 fully saturated rings. The molecule has 3 nitrogen and oxygen atoms in total. The topological polar surface area (TPSA) is 52.3 Å². The summed E-state index contributed by atoms with van der Waals surface area (Å²) in [5, 5.41) is 0. The fourth-order valence-electron chi connectivity index (χ4n) is 0.892. The number of esters is 1. The number of rotatable bonds is 1. The maximum Gasteiger partial charge on any atom is 0.384 e. The van der Waals surface area contributed by atoms with Gasteiger partial charge in [-0.1, -0.05) is 30.3 Å². The highest BCUT2D eigenvalue weighted by atomic mass is 32.1. The van der Waals surface area contributed by atoms with Gasteiger partial charge < -0.3 is 10.5 Å². The van der Waals surface area contributed by atoms with Crippen LogP contribution in [0.2, 0.25) is 0 Å². The van der Waals surface area contributed by atoms with E-state index in [1.807, 2.05) is 0 Å². The van der Waals surface area contributed by atoms with Gasteiger partial charge in [0, 0.05) is 17.0 Å². The fourth-order valence-corrected chi connectivity index (χ4v) is 1.03. The van der Waals surface area contributed by atoms with Crippen molar-refractivity contribution in [2.45, 2.75) is 0 Å². The lowest BCUT2D eigenvalue weighted by Gasteiger charge is -1.96. The molecule has 0 unspecified atom stereocenters. The highest BCUT2D eigenvalue weighted by molar-refractivity contribution is 7.80. The fraction of sp³-hybridized carbons (Fsp3) is 0.0909. The largest absolute Gasteiger partial charge is 0.459 e. The number of methoxy groups -OCH3 is 1. The Morgan fingerprint density at radius 1 is 1.40 bits per heavy atom. The summed E-state index contributed by atoms with van der Waals surface area (Å²) in [5.74, 6) is 4.41. The average molecular weight is 219 g/mol. The van der Waals surface area contributed by atoms with Crippen LogP contribution in [0.25, 0.3) is 0 Å². The van der Waals surface area contributed by atoms with Gasteiger partial charge in [0.15, 0.2) is 0 Å². The molecule has 1 aromatic rings. The van der Waals surface area contributed by atoms with E-state index in [2.05, 4.69) is 16.6 Å². The Balaban J connectivity index is 2.84. The van der Waals surface area contributed by atoms with Gasteiger partial charge in [0.25, 0.3) is 0 Å². The van der Waals surface area contributed by atoms with E-state index in [-0.39, 0.29) is 0 Å². The number of hydrogen-bond acceptors (Lipinski definition) is 3. The van der Waals surface area contributed by atoms with Gasteiger partial charge in [0.2, 0.25) is 0 Å². The smallest absolute Gasteiger partial charge is 0.384 e. The average Bonchev–Trinajstić information content (AvgIpc) is 2.26. The summed E-state index contributed by atoms with van der Waals surface area (Å²) in [4.78, 5) is 11.1. The van der Waals surface area contributed by atoms with Crippen LogP contribution in [0.4, 0.5) is 0 Å². The van der Waals surface area contributed by atoms with Crippen molar-refractivity contribution in [2.24, 2.45) is 5.73 Å².